The molecule has 104 valence electrons. The molecular weight excluding hydrogens is 232 g/mol. The highest BCUT2D eigenvalue weighted by Crippen LogP contribution is 2.30. The minimum Gasteiger partial charge on any atom is -0.450 e. The van der Waals surface area contributed by atoms with Crippen molar-refractivity contribution in [1.82, 2.24) is 9.80 Å². The third kappa shape index (κ3) is 3.36. The van der Waals surface area contributed by atoms with Crippen molar-refractivity contribution in [2.24, 2.45) is 0 Å². The fourth-order valence-corrected chi connectivity index (χ4v) is 2.91. The van der Waals surface area contributed by atoms with Crippen LogP contribution in [0.5, 0.6) is 0 Å². The number of β-amino-alcohol motifs (C(OH)–C–C–N with tert-alkyl or cyclic N) is 1. The number of carbonyl (C=O) groups excluding carboxylic acids is 1. The van der Waals surface area contributed by atoms with Gasteiger partial charge in [-0.05, 0) is 19.8 Å². The average molecular weight is 256 g/mol. The number of hydrogen-bond donors (Lipinski definition) is 1. The van der Waals surface area contributed by atoms with Gasteiger partial charge in [-0.25, -0.2) is 4.79 Å². The van der Waals surface area contributed by atoms with E-state index in [1.54, 1.807) is 4.90 Å². The van der Waals surface area contributed by atoms with Crippen molar-refractivity contribution in [3.63, 3.8) is 0 Å². The number of aliphatic hydroxyl groups is 1. The van der Waals surface area contributed by atoms with E-state index in [2.05, 4.69) is 4.90 Å². The van der Waals surface area contributed by atoms with Gasteiger partial charge in [0.25, 0.3) is 0 Å². The molecule has 0 aromatic rings. The molecule has 0 bridgehead atoms. The van der Waals surface area contributed by atoms with Crippen LogP contribution in [0, 0.1) is 0 Å². The zero-order valence-electron chi connectivity index (χ0n) is 11.2. The van der Waals surface area contributed by atoms with E-state index in [4.69, 9.17) is 4.74 Å². The number of piperazine rings is 1. The summed E-state index contributed by atoms with van der Waals surface area (Å²) in [6.45, 7) is 6.08. The number of carbonyl (C=O) groups is 1. The van der Waals surface area contributed by atoms with Gasteiger partial charge < -0.3 is 14.7 Å². The summed E-state index contributed by atoms with van der Waals surface area (Å²) in [6, 6.07) is 0. The first-order chi connectivity index (χ1) is 8.63. The van der Waals surface area contributed by atoms with E-state index in [1.165, 1.54) is 0 Å². The van der Waals surface area contributed by atoms with Crippen LogP contribution >= 0.6 is 0 Å². The Morgan fingerprint density at radius 2 is 1.83 bits per heavy atom. The van der Waals surface area contributed by atoms with E-state index < -0.39 is 5.60 Å². The molecule has 1 amide bonds. The molecule has 0 unspecified atom stereocenters. The lowest BCUT2D eigenvalue weighted by Crippen LogP contribution is -2.52. The lowest BCUT2D eigenvalue weighted by Gasteiger charge is -2.37. The first kappa shape index (κ1) is 13.6. The maximum atomic E-state index is 11.5. The molecule has 1 N–H and O–H groups in total. The highest BCUT2D eigenvalue weighted by molar-refractivity contribution is 5.67. The van der Waals surface area contributed by atoms with Gasteiger partial charge in [0, 0.05) is 32.7 Å². The van der Waals surface area contributed by atoms with Gasteiger partial charge in [0.05, 0.1) is 12.2 Å². The Morgan fingerprint density at radius 3 is 2.39 bits per heavy atom. The van der Waals surface area contributed by atoms with Crippen molar-refractivity contribution in [3.8, 4) is 0 Å². The van der Waals surface area contributed by atoms with Gasteiger partial charge >= 0.3 is 6.09 Å². The maximum Gasteiger partial charge on any atom is 0.409 e. The molecule has 0 atom stereocenters. The van der Waals surface area contributed by atoms with E-state index in [9.17, 15) is 9.90 Å². The number of amides is 1. The average Bonchev–Trinajstić information content (AvgIpc) is 2.77. The van der Waals surface area contributed by atoms with Gasteiger partial charge in [0.2, 0.25) is 0 Å². The van der Waals surface area contributed by atoms with Crippen LogP contribution in [0.25, 0.3) is 0 Å². The quantitative estimate of drug-likeness (QED) is 0.820. The van der Waals surface area contributed by atoms with Crippen molar-refractivity contribution in [2.75, 3.05) is 39.3 Å². The van der Waals surface area contributed by atoms with E-state index in [0.717, 1.165) is 45.3 Å². The van der Waals surface area contributed by atoms with E-state index >= 15 is 0 Å². The highest BCUT2D eigenvalue weighted by Gasteiger charge is 2.34. The molecule has 0 radical (unpaired) electrons. The molecule has 1 saturated carbocycles. The molecule has 0 spiro atoms. The zero-order valence-corrected chi connectivity index (χ0v) is 11.2. The standard InChI is InChI=1S/C13H24N2O3/c1-2-18-12(16)15-9-7-14(8-10-15)11-13(17)5-3-4-6-13/h17H,2-11H2,1H3. The minimum atomic E-state index is -0.480. The molecule has 2 fully saturated rings. The molecule has 0 aromatic heterocycles. The molecule has 5 nitrogen and oxygen atoms in total. The molecule has 1 aliphatic heterocycles. The van der Waals surface area contributed by atoms with E-state index in [-0.39, 0.29) is 6.09 Å². The van der Waals surface area contributed by atoms with Crippen LogP contribution in [0.15, 0.2) is 0 Å². The smallest absolute Gasteiger partial charge is 0.409 e. The minimum absolute atomic E-state index is 0.211. The number of nitrogens with zero attached hydrogens (tertiary/aromatic N) is 2. The first-order valence-corrected chi connectivity index (χ1v) is 6.99. The predicted molar refractivity (Wildman–Crippen MR) is 68.5 cm³/mol. The molecule has 18 heavy (non-hydrogen) atoms. The molecule has 5 heteroatoms. The predicted octanol–water partition coefficient (Wildman–Crippen LogP) is 1.07. The highest BCUT2D eigenvalue weighted by atomic mass is 16.6. The van der Waals surface area contributed by atoms with Crippen LogP contribution < -0.4 is 0 Å². The van der Waals surface area contributed by atoms with E-state index in [0.29, 0.717) is 19.7 Å². The van der Waals surface area contributed by atoms with E-state index in [1.807, 2.05) is 6.92 Å². The van der Waals surface area contributed by atoms with Crippen LogP contribution in [0.3, 0.4) is 0 Å². The lowest BCUT2D eigenvalue weighted by molar-refractivity contribution is -0.00447. The molecular formula is C13H24N2O3. The molecule has 1 aliphatic carbocycles. The van der Waals surface area contributed by atoms with Crippen LogP contribution in [0.1, 0.15) is 32.6 Å². The van der Waals surface area contributed by atoms with Gasteiger partial charge in [-0.1, -0.05) is 12.8 Å². The lowest BCUT2D eigenvalue weighted by atomic mass is 10.0. The van der Waals surface area contributed by atoms with Crippen molar-refractivity contribution < 1.29 is 14.6 Å². The van der Waals surface area contributed by atoms with Gasteiger partial charge in [-0.15, -0.1) is 0 Å². The normalized spacial score (nSPS) is 24.2. The van der Waals surface area contributed by atoms with Crippen LogP contribution in [0.4, 0.5) is 4.79 Å². The molecule has 1 heterocycles. The Kier molecular flexibility index (Phi) is 4.45. The van der Waals surface area contributed by atoms with Gasteiger partial charge in [-0.3, -0.25) is 4.90 Å². The van der Waals surface area contributed by atoms with Crippen LogP contribution in [-0.4, -0.2) is 65.9 Å². The third-order valence-corrected chi connectivity index (χ3v) is 3.95. The SMILES string of the molecule is CCOC(=O)N1CCN(CC2(O)CCCC2)CC1. The second-order valence-electron chi connectivity index (χ2n) is 5.39. The topological polar surface area (TPSA) is 53.0 Å². The second kappa shape index (κ2) is 5.89. The Bertz CT molecular complexity index is 282. The van der Waals surface area contributed by atoms with Crippen molar-refractivity contribution in [3.05, 3.63) is 0 Å². The summed E-state index contributed by atoms with van der Waals surface area (Å²) >= 11 is 0. The zero-order chi connectivity index (χ0) is 13.0. The number of rotatable bonds is 3. The summed E-state index contributed by atoms with van der Waals surface area (Å²) in [5.41, 5.74) is -0.480. The van der Waals surface area contributed by atoms with Gasteiger partial charge in [0.15, 0.2) is 0 Å². The second-order valence-corrected chi connectivity index (χ2v) is 5.39. The summed E-state index contributed by atoms with van der Waals surface area (Å²) in [7, 11) is 0. The summed E-state index contributed by atoms with van der Waals surface area (Å²) in [4.78, 5) is 15.6. The van der Waals surface area contributed by atoms with Crippen LogP contribution in [-0.2, 0) is 4.74 Å². The number of hydrogen-bond acceptors (Lipinski definition) is 4. The van der Waals surface area contributed by atoms with Crippen molar-refractivity contribution >= 4 is 6.09 Å². The monoisotopic (exact) mass is 256 g/mol. The van der Waals surface area contributed by atoms with Crippen LogP contribution in [0.2, 0.25) is 0 Å². The molecule has 0 aromatic carbocycles. The Labute approximate surface area is 109 Å². The summed E-state index contributed by atoms with van der Waals surface area (Å²) in [5.74, 6) is 0. The fraction of sp³-hybridized carbons (Fsp3) is 0.923. The summed E-state index contributed by atoms with van der Waals surface area (Å²) in [5, 5.41) is 10.4. The first-order valence-electron chi connectivity index (χ1n) is 6.99. The Balaban J connectivity index is 1.74. The maximum absolute atomic E-state index is 11.5. The molecule has 1 saturated heterocycles. The largest absolute Gasteiger partial charge is 0.450 e. The number of ether oxygens (including phenoxy) is 1. The molecule has 2 rings (SSSR count). The van der Waals surface area contributed by atoms with Crippen molar-refractivity contribution in [1.29, 1.82) is 0 Å². The Morgan fingerprint density at radius 1 is 1.22 bits per heavy atom. The van der Waals surface area contributed by atoms with Gasteiger partial charge in [-0.2, -0.15) is 0 Å². The summed E-state index contributed by atoms with van der Waals surface area (Å²) < 4.78 is 4.99. The molecule has 2 aliphatic rings. The third-order valence-electron chi connectivity index (χ3n) is 3.95. The van der Waals surface area contributed by atoms with Gasteiger partial charge in [0.1, 0.15) is 0 Å². The fourth-order valence-electron chi connectivity index (χ4n) is 2.91. The summed E-state index contributed by atoms with van der Waals surface area (Å²) in [6.07, 6.45) is 3.91. The Hall–Kier alpha value is -0.810. The van der Waals surface area contributed by atoms with Crippen molar-refractivity contribution in [2.45, 2.75) is 38.2 Å².